The lowest BCUT2D eigenvalue weighted by atomic mass is 9.98. The largest absolute Gasteiger partial charge is 0.383 e. The summed E-state index contributed by atoms with van der Waals surface area (Å²) in [5.41, 5.74) is 5.00. The highest BCUT2D eigenvalue weighted by Gasteiger charge is 2.22. The standard InChI is InChI=1S/C24H31N3O3/c1-16-10-20(13-26(3)24(16)28)19-7-8-21-22(12-19)27(17(2)14-29-4)23(25-21)11-18-6-5-9-30-15-18/h7-8,10,12-13,17-18H,5-6,9,11,14-15H2,1-4H3/t17-,18?/m1/s1. The first kappa shape index (κ1) is 20.8. The van der Waals surface area contributed by atoms with E-state index in [-0.39, 0.29) is 11.6 Å². The van der Waals surface area contributed by atoms with E-state index >= 15 is 0 Å². The Kier molecular flexibility index (Phi) is 6.06. The molecular formula is C24H31N3O3. The van der Waals surface area contributed by atoms with Gasteiger partial charge in [-0.1, -0.05) is 6.07 Å². The maximum absolute atomic E-state index is 12.1. The summed E-state index contributed by atoms with van der Waals surface area (Å²) in [7, 11) is 3.54. The van der Waals surface area contributed by atoms with Crippen molar-refractivity contribution in [1.82, 2.24) is 14.1 Å². The number of hydrogen-bond acceptors (Lipinski definition) is 4. The molecule has 1 aliphatic rings. The molecule has 3 aromatic rings. The van der Waals surface area contributed by atoms with Gasteiger partial charge in [-0.25, -0.2) is 4.98 Å². The number of rotatable bonds is 6. The van der Waals surface area contributed by atoms with Gasteiger partial charge in [0.2, 0.25) is 0 Å². The van der Waals surface area contributed by atoms with E-state index < -0.39 is 0 Å². The Bertz CT molecular complexity index is 1070. The maximum Gasteiger partial charge on any atom is 0.253 e. The zero-order valence-corrected chi connectivity index (χ0v) is 18.4. The molecule has 160 valence electrons. The van der Waals surface area contributed by atoms with Gasteiger partial charge in [0.25, 0.3) is 5.56 Å². The third kappa shape index (κ3) is 4.07. The van der Waals surface area contributed by atoms with Gasteiger partial charge in [-0.15, -0.1) is 0 Å². The zero-order valence-electron chi connectivity index (χ0n) is 18.4. The summed E-state index contributed by atoms with van der Waals surface area (Å²) in [5.74, 6) is 1.61. The second-order valence-electron chi connectivity index (χ2n) is 8.52. The molecule has 0 amide bonds. The van der Waals surface area contributed by atoms with E-state index in [1.807, 2.05) is 19.2 Å². The molecular weight excluding hydrogens is 378 g/mol. The monoisotopic (exact) mass is 409 g/mol. The van der Waals surface area contributed by atoms with Crippen LogP contribution >= 0.6 is 0 Å². The van der Waals surface area contributed by atoms with E-state index in [4.69, 9.17) is 14.5 Å². The van der Waals surface area contributed by atoms with Crippen LogP contribution in [0.25, 0.3) is 22.2 Å². The number of aromatic nitrogens is 3. The van der Waals surface area contributed by atoms with Gasteiger partial charge in [-0.2, -0.15) is 0 Å². The Morgan fingerprint density at radius 1 is 1.30 bits per heavy atom. The Hall–Kier alpha value is -2.44. The molecule has 1 fully saturated rings. The summed E-state index contributed by atoms with van der Waals surface area (Å²) in [6, 6.07) is 8.50. The summed E-state index contributed by atoms with van der Waals surface area (Å²) >= 11 is 0. The fourth-order valence-electron chi connectivity index (χ4n) is 4.54. The van der Waals surface area contributed by atoms with Crippen molar-refractivity contribution in [3.63, 3.8) is 0 Å². The van der Waals surface area contributed by atoms with Crippen LogP contribution in [0.15, 0.2) is 35.3 Å². The zero-order chi connectivity index (χ0) is 21.3. The summed E-state index contributed by atoms with van der Waals surface area (Å²) in [6.45, 7) is 6.34. The minimum absolute atomic E-state index is 0.0376. The molecule has 0 radical (unpaired) electrons. The number of imidazole rings is 1. The molecule has 1 saturated heterocycles. The van der Waals surface area contributed by atoms with E-state index in [0.717, 1.165) is 59.6 Å². The van der Waals surface area contributed by atoms with Crippen molar-refractivity contribution in [2.75, 3.05) is 26.9 Å². The fraction of sp³-hybridized carbons (Fsp3) is 0.500. The highest BCUT2D eigenvalue weighted by molar-refractivity contribution is 5.83. The van der Waals surface area contributed by atoms with Crippen LogP contribution in [0.4, 0.5) is 0 Å². The summed E-state index contributed by atoms with van der Waals surface area (Å²) in [6.07, 6.45) is 5.12. The van der Waals surface area contributed by atoms with Crippen LogP contribution in [0.2, 0.25) is 0 Å². The van der Waals surface area contributed by atoms with Gasteiger partial charge in [-0.3, -0.25) is 4.79 Å². The number of hydrogen-bond donors (Lipinski definition) is 0. The van der Waals surface area contributed by atoms with Crippen LogP contribution in [-0.4, -0.2) is 41.0 Å². The normalized spacial score (nSPS) is 18.1. The van der Waals surface area contributed by atoms with Gasteiger partial charge in [0, 0.05) is 45.6 Å². The predicted octanol–water partition coefficient (Wildman–Crippen LogP) is 3.89. The number of aryl methyl sites for hydroxylation is 2. The number of nitrogens with zero attached hydrogens (tertiary/aromatic N) is 3. The average Bonchev–Trinajstić information content (AvgIpc) is 3.09. The molecule has 6 heteroatoms. The lowest BCUT2D eigenvalue weighted by molar-refractivity contribution is 0.0537. The SMILES string of the molecule is COC[C@@H](C)n1c(CC2CCCOC2)nc2ccc(-c3cc(C)c(=O)n(C)c3)cc21. The minimum Gasteiger partial charge on any atom is -0.383 e. The Morgan fingerprint density at radius 2 is 2.13 bits per heavy atom. The molecule has 0 spiro atoms. The third-order valence-electron chi connectivity index (χ3n) is 6.03. The lowest BCUT2D eigenvalue weighted by Crippen LogP contribution is -2.22. The van der Waals surface area contributed by atoms with Crippen LogP contribution in [0.5, 0.6) is 0 Å². The molecule has 1 aromatic carbocycles. The van der Waals surface area contributed by atoms with Crippen LogP contribution < -0.4 is 5.56 Å². The number of fused-ring (bicyclic) bond motifs is 1. The highest BCUT2D eigenvalue weighted by Crippen LogP contribution is 2.29. The van der Waals surface area contributed by atoms with E-state index in [1.165, 1.54) is 6.42 Å². The molecule has 30 heavy (non-hydrogen) atoms. The van der Waals surface area contributed by atoms with Crippen molar-refractivity contribution in [3.05, 3.63) is 52.2 Å². The quantitative estimate of drug-likeness (QED) is 0.620. The van der Waals surface area contributed by atoms with Gasteiger partial charge < -0.3 is 18.6 Å². The first-order valence-corrected chi connectivity index (χ1v) is 10.7. The van der Waals surface area contributed by atoms with E-state index in [1.54, 1.807) is 18.7 Å². The molecule has 0 bridgehead atoms. The van der Waals surface area contributed by atoms with Gasteiger partial charge >= 0.3 is 0 Å². The second kappa shape index (κ2) is 8.74. The van der Waals surface area contributed by atoms with E-state index in [0.29, 0.717) is 12.5 Å². The molecule has 4 rings (SSSR count). The van der Waals surface area contributed by atoms with Crippen LogP contribution in [0.1, 0.15) is 37.2 Å². The van der Waals surface area contributed by atoms with E-state index in [2.05, 4.69) is 29.7 Å². The minimum atomic E-state index is 0.0376. The topological polar surface area (TPSA) is 58.3 Å². The average molecular weight is 410 g/mol. The molecule has 3 heterocycles. The van der Waals surface area contributed by atoms with Crippen molar-refractivity contribution < 1.29 is 9.47 Å². The molecule has 6 nitrogen and oxygen atoms in total. The first-order chi connectivity index (χ1) is 14.5. The van der Waals surface area contributed by atoms with Crippen molar-refractivity contribution in [3.8, 4) is 11.1 Å². The van der Waals surface area contributed by atoms with Crippen LogP contribution in [0.3, 0.4) is 0 Å². The fourth-order valence-corrected chi connectivity index (χ4v) is 4.54. The van der Waals surface area contributed by atoms with Gasteiger partial charge in [-0.05, 0) is 61.9 Å². The van der Waals surface area contributed by atoms with Gasteiger partial charge in [0.1, 0.15) is 5.82 Å². The van der Waals surface area contributed by atoms with Crippen molar-refractivity contribution in [1.29, 1.82) is 0 Å². The number of pyridine rings is 1. The molecule has 2 aromatic heterocycles. The maximum atomic E-state index is 12.1. The molecule has 0 saturated carbocycles. The predicted molar refractivity (Wildman–Crippen MR) is 119 cm³/mol. The lowest BCUT2D eigenvalue weighted by Gasteiger charge is -2.23. The highest BCUT2D eigenvalue weighted by atomic mass is 16.5. The van der Waals surface area contributed by atoms with Crippen molar-refractivity contribution >= 4 is 11.0 Å². The number of ether oxygens (including phenoxy) is 2. The molecule has 2 atom stereocenters. The summed E-state index contributed by atoms with van der Waals surface area (Å²) in [4.78, 5) is 17.1. The number of benzene rings is 1. The van der Waals surface area contributed by atoms with Gasteiger partial charge in [0.15, 0.2) is 0 Å². The van der Waals surface area contributed by atoms with E-state index in [9.17, 15) is 4.79 Å². The van der Waals surface area contributed by atoms with Gasteiger partial charge in [0.05, 0.1) is 23.7 Å². The van der Waals surface area contributed by atoms with Crippen LogP contribution in [0, 0.1) is 12.8 Å². The Morgan fingerprint density at radius 3 is 2.83 bits per heavy atom. The number of methoxy groups -OCH3 is 1. The van der Waals surface area contributed by atoms with Crippen molar-refractivity contribution in [2.45, 2.75) is 39.2 Å². The third-order valence-corrected chi connectivity index (χ3v) is 6.03. The first-order valence-electron chi connectivity index (χ1n) is 10.7. The Labute approximate surface area is 177 Å². The molecule has 1 aliphatic heterocycles. The molecule has 0 N–H and O–H groups in total. The van der Waals surface area contributed by atoms with Crippen molar-refractivity contribution in [2.24, 2.45) is 13.0 Å². The smallest absolute Gasteiger partial charge is 0.253 e. The second-order valence-corrected chi connectivity index (χ2v) is 8.52. The molecule has 0 aliphatic carbocycles. The molecule has 1 unspecified atom stereocenters. The Balaban J connectivity index is 1.79. The summed E-state index contributed by atoms with van der Waals surface area (Å²) < 4.78 is 15.1. The summed E-state index contributed by atoms with van der Waals surface area (Å²) in [5, 5.41) is 0. The van der Waals surface area contributed by atoms with Crippen LogP contribution in [-0.2, 0) is 22.9 Å².